The molecule has 5 rings (SSSR count). The van der Waals surface area contributed by atoms with Crippen molar-refractivity contribution in [3.05, 3.63) is 123 Å². The second-order valence-corrected chi connectivity index (χ2v) is 11.5. The Morgan fingerprint density at radius 3 is 2.57 bits per heavy atom. The Kier molecular flexibility index (Phi) is 9.08. The van der Waals surface area contributed by atoms with Crippen LogP contribution in [0.2, 0.25) is 15.1 Å². The van der Waals surface area contributed by atoms with Crippen molar-refractivity contribution >= 4 is 58.2 Å². The molecule has 42 heavy (non-hydrogen) atoms. The number of nitrogens with zero attached hydrogens (tertiary/aromatic N) is 2. The Hall–Kier alpha value is -3.56. The quantitative estimate of drug-likeness (QED) is 0.209. The Labute approximate surface area is 260 Å². The van der Waals surface area contributed by atoms with Crippen LogP contribution in [0.15, 0.2) is 81.7 Å². The highest BCUT2D eigenvalue weighted by Crippen LogP contribution is 2.35. The number of hydrogen-bond donors (Lipinski definition) is 0. The molecule has 0 bridgehead atoms. The van der Waals surface area contributed by atoms with Gasteiger partial charge >= 0.3 is 5.97 Å². The van der Waals surface area contributed by atoms with Gasteiger partial charge in [0, 0.05) is 26.2 Å². The van der Waals surface area contributed by atoms with Gasteiger partial charge in [0.2, 0.25) is 0 Å². The Bertz CT molecular complexity index is 1900. The van der Waals surface area contributed by atoms with E-state index in [1.807, 2.05) is 12.1 Å². The molecule has 216 valence electrons. The van der Waals surface area contributed by atoms with Crippen molar-refractivity contribution in [3.63, 3.8) is 0 Å². The van der Waals surface area contributed by atoms with Crippen molar-refractivity contribution in [2.45, 2.75) is 26.5 Å². The van der Waals surface area contributed by atoms with Gasteiger partial charge in [-0.25, -0.2) is 9.79 Å². The van der Waals surface area contributed by atoms with Gasteiger partial charge in [-0.2, -0.15) is 0 Å². The number of esters is 1. The molecule has 3 aromatic carbocycles. The predicted octanol–water partition coefficient (Wildman–Crippen LogP) is 6.35. The number of fused-ring (bicyclic) bond motifs is 1. The first-order valence-corrected chi connectivity index (χ1v) is 14.9. The smallest absolute Gasteiger partial charge is 0.338 e. The Balaban J connectivity index is 1.65. The number of thiazole rings is 1. The van der Waals surface area contributed by atoms with Crippen molar-refractivity contribution in [2.24, 2.45) is 4.99 Å². The fourth-order valence-electron chi connectivity index (χ4n) is 4.67. The number of carbonyl (C=O) groups is 1. The van der Waals surface area contributed by atoms with Gasteiger partial charge in [-0.05, 0) is 49.8 Å². The van der Waals surface area contributed by atoms with Crippen molar-refractivity contribution < 1.29 is 19.0 Å². The minimum absolute atomic E-state index is 0.146. The molecule has 1 aliphatic rings. The zero-order chi connectivity index (χ0) is 30.0. The van der Waals surface area contributed by atoms with E-state index in [4.69, 9.17) is 49.0 Å². The van der Waals surface area contributed by atoms with Crippen LogP contribution in [0.1, 0.15) is 36.6 Å². The number of hydrogen-bond acceptors (Lipinski definition) is 7. The SMILES string of the molecule is CCOC(=O)C1=C(C)N=c2s/c(=C\c3cccc(OC)c3OCc3ccc(Cl)cc3Cl)c(=O)n2[C@@H]1c1ccccc1Cl. The number of benzene rings is 3. The number of aromatic nitrogens is 1. The van der Waals surface area contributed by atoms with Crippen molar-refractivity contribution in [1.82, 2.24) is 4.57 Å². The number of halogens is 3. The van der Waals surface area contributed by atoms with E-state index in [2.05, 4.69) is 4.99 Å². The summed E-state index contributed by atoms with van der Waals surface area (Å²) in [5.41, 5.74) is 2.31. The topological polar surface area (TPSA) is 79.1 Å². The second kappa shape index (κ2) is 12.8. The molecule has 0 radical (unpaired) electrons. The van der Waals surface area contributed by atoms with Crippen LogP contribution in [-0.4, -0.2) is 24.3 Å². The van der Waals surface area contributed by atoms with Crippen LogP contribution in [0, 0.1) is 0 Å². The summed E-state index contributed by atoms with van der Waals surface area (Å²) in [6.45, 7) is 3.77. The van der Waals surface area contributed by atoms with Crippen LogP contribution in [-0.2, 0) is 16.1 Å². The zero-order valence-electron chi connectivity index (χ0n) is 22.8. The van der Waals surface area contributed by atoms with Gasteiger partial charge in [-0.1, -0.05) is 82.5 Å². The van der Waals surface area contributed by atoms with Crippen molar-refractivity contribution in [2.75, 3.05) is 13.7 Å². The summed E-state index contributed by atoms with van der Waals surface area (Å²) < 4.78 is 19.0. The molecule has 0 amide bonds. The number of carbonyl (C=O) groups excluding carboxylic acids is 1. The minimum Gasteiger partial charge on any atom is -0.493 e. The summed E-state index contributed by atoms with van der Waals surface area (Å²) in [4.78, 5) is 32.2. The third-order valence-electron chi connectivity index (χ3n) is 6.62. The largest absolute Gasteiger partial charge is 0.493 e. The molecular weight excluding hydrogens is 619 g/mol. The van der Waals surface area contributed by atoms with Crippen molar-refractivity contribution in [1.29, 1.82) is 0 Å². The van der Waals surface area contributed by atoms with Crippen LogP contribution < -0.4 is 24.4 Å². The monoisotopic (exact) mass is 642 g/mol. The highest BCUT2D eigenvalue weighted by atomic mass is 35.5. The van der Waals surface area contributed by atoms with Crippen LogP contribution >= 0.6 is 46.1 Å². The molecule has 0 saturated heterocycles. The summed E-state index contributed by atoms with van der Waals surface area (Å²) in [5, 5.41) is 1.41. The first kappa shape index (κ1) is 29.9. The summed E-state index contributed by atoms with van der Waals surface area (Å²) >= 11 is 20.2. The maximum atomic E-state index is 14.0. The third kappa shape index (κ3) is 5.85. The zero-order valence-corrected chi connectivity index (χ0v) is 25.9. The van der Waals surface area contributed by atoms with Crippen LogP contribution in [0.4, 0.5) is 0 Å². The van der Waals surface area contributed by atoms with E-state index >= 15 is 0 Å². The van der Waals surface area contributed by atoms with Gasteiger partial charge in [-0.15, -0.1) is 0 Å². The number of methoxy groups -OCH3 is 1. The molecule has 0 spiro atoms. The number of para-hydroxylation sites is 1. The van der Waals surface area contributed by atoms with E-state index in [0.29, 0.717) is 52.7 Å². The summed E-state index contributed by atoms with van der Waals surface area (Å²) in [5.74, 6) is 0.362. The minimum atomic E-state index is -0.816. The fourth-order valence-corrected chi connectivity index (χ4v) is 6.41. The van der Waals surface area contributed by atoms with E-state index in [0.717, 1.165) is 5.56 Å². The van der Waals surface area contributed by atoms with E-state index in [1.54, 1.807) is 75.6 Å². The molecule has 0 saturated carbocycles. The number of ether oxygens (including phenoxy) is 3. The fraction of sp³-hybridized carbons (Fsp3) is 0.194. The van der Waals surface area contributed by atoms with E-state index < -0.39 is 12.0 Å². The van der Waals surface area contributed by atoms with E-state index in [1.165, 1.54) is 15.9 Å². The third-order valence-corrected chi connectivity index (χ3v) is 8.53. The average molecular weight is 644 g/mol. The summed E-state index contributed by atoms with van der Waals surface area (Å²) in [7, 11) is 1.54. The highest BCUT2D eigenvalue weighted by molar-refractivity contribution is 7.07. The average Bonchev–Trinajstić information content (AvgIpc) is 3.26. The maximum absolute atomic E-state index is 14.0. The molecule has 2 heterocycles. The molecule has 0 unspecified atom stereocenters. The van der Waals surface area contributed by atoms with Gasteiger partial charge in [0.05, 0.1) is 29.5 Å². The highest BCUT2D eigenvalue weighted by Gasteiger charge is 2.34. The first-order chi connectivity index (χ1) is 20.2. The van der Waals surface area contributed by atoms with Gasteiger partial charge in [0.15, 0.2) is 16.3 Å². The molecule has 0 aliphatic carbocycles. The molecule has 0 N–H and O–H groups in total. The summed E-state index contributed by atoms with van der Waals surface area (Å²) in [6, 6.07) is 16.9. The molecular formula is C31H25Cl3N2O5S. The molecule has 4 aromatic rings. The van der Waals surface area contributed by atoms with Crippen molar-refractivity contribution in [3.8, 4) is 11.5 Å². The number of rotatable bonds is 8. The lowest BCUT2D eigenvalue weighted by Gasteiger charge is -2.25. The Morgan fingerprint density at radius 2 is 1.86 bits per heavy atom. The number of allylic oxidation sites excluding steroid dienone is 1. The van der Waals surface area contributed by atoms with Crippen LogP contribution in [0.3, 0.4) is 0 Å². The molecule has 7 nitrogen and oxygen atoms in total. The van der Waals surface area contributed by atoms with Gasteiger partial charge in [0.1, 0.15) is 12.6 Å². The van der Waals surface area contributed by atoms with Gasteiger partial charge in [0.25, 0.3) is 5.56 Å². The normalized spacial score (nSPS) is 14.8. The molecule has 1 atom stereocenters. The van der Waals surface area contributed by atoms with Crippen LogP contribution in [0.5, 0.6) is 11.5 Å². The predicted molar refractivity (Wildman–Crippen MR) is 166 cm³/mol. The van der Waals surface area contributed by atoms with Crippen LogP contribution in [0.25, 0.3) is 6.08 Å². The molecule has 11 heteroatoms. The Morgan fingerprint density at radius 1 is 1.07 bits per heavy atom. The lowest BCUT2D eigenvalue weighted by Crippen LogP contribution is -2.40. The first-order valence-electron chi connectivity index (χ1n) is 12.9. The van der Waals surface area contributed by atoms with Gasteiger partial charge in [-0.3, -0.25) is 9.36 Å². The summed E-state index contributed by atoms with van der Waals surface area (Å²) in [6.07, 6.45) is 1.72. The van der Waals surface area contributed by atoms with E-state index in [9.17, 15) is 9.59 Å². The molecule has 1 aromatic heterocycles. The lowest BCUT2D eigenvalue weighted by atomic mass is 9.96. The standard InChI is InChI=1S/C31H25Cl3N2O5S/c1-4-40-30(38)26-17(2)35-31-36(27(26)21-9-5-6-10-22(21)33)29(37)25(42-31)14-18-8-7-11-24(39-3)28(18)41-16-19-12-13-20(32)15-23(19)34/h5-15,27H,4,16H2,1-3H3/b25-14-/t27-/m1/s1. The van der Waals surface area contributed by atoms with Gasteiger partial charge < -0.3 is 14.2 Å². The molecule has 1 aliphatic heterocycles. The maximum Gasteiger partial charge on any atom is 0.338 e. The lowest BCUT2D eigenvalue weighted by molar-refractivity contribution is -0.139. The second-order valence-electron chi connectivity index (χ2n) is 9.23. The molecule has 0 fully saturated rings. The van der Waals surface area contributed by atoms with E-state index in [-0.39, 0.29) is 24.3 Å².